The van der Waals surface area contributed by atoms with Gasteiger partial charge in [-0.1, -0.05) is 0 Å². The summed E-state index contributed by atoms with van der Waals surface area (Å²) in [7, 11) is 0. The van der Waals surface area contributed by atoms with E-state index in [1.807, 2.05) is 19.1 Å². The molecule has 0 bridgehead atoms. The van der Waals surface area contributed by atoms with Crippen molar-refractivity contribution < 1.29 is 37.0 Å². The molecule has 0 aliphatic rings. The number of aldehydes is 1. The fraction of sp³-hybridized carbons (Fsp3) is 0.391. The first-order valence-corrected chi connectivity index (χ1v) is 11.0. The zero-order valence-corrected chi connectivity index (χ0v) is 18.6. The van der Waals surface area contributed by atoms with Crippen LogP contribution in [0.1, 0.15) is 24.5 Å². The highest BCUT2D eigenvalue weighted by atomic mass is 32.2. The number of hydrogen-bond acceptors (Lipinski definition) is 6. The summed E-state index contributed by atoms with van der Waals surface area (Å²) in [4.78, 5) is 23.4. The lowest BCUT2D eigenvalue weighted by molar-refractivity contribution is -0.145. The lowest BCUT2D eigenvalue weighted by atomic mass is 10.1. The fourth-order valence-electron chi connectivity index (χ4n) is 2.70. The number of hydrogen-bond donors (Lipinski definition) is 0. The maximum absolute atomic E-state index is 12.6. The van der Waals surface area contributed by atoms with Gasteiger partial charge in [0.25, 0.3) is 0 Å². The topological polar surface area (TPSA) is 61.8 Å². The summed E-state index contributed by atoms with van der Waals surface area (Å²) in [5.74, 6) is 0.937. The highest BCUT2D eigenvalue weighted by Gasteiger charge is 2.30. The van der Waals surface area contributed by atoms with Crippen molar-refractivity contribution in [1.29, 1.82) is 0 Å². The SMILES string of the molecule is CCOC(=O)COc1ccc(SCC(CC=O)COc2ccc(C(F)(F)F)cc2)cc1C. The van der Waals surface area contributed by atoms with Gasteiger partial charge in [0.15, 0.2) is 6.61 Å². The summed E-state index contributed by atoms with van der Waals surface area (Å²) >= 11 is 1.53. The van der Waals surface area contributed by atoms with Crippen LogP contribution in [0.15, 0.2) is 47.4 Å². The van der Waals surface area contributed by atoms with Crippen LogP contribution < -0.4 is 9.47 Å². The Kier molecular flexibility index (Phi) is 9.90. The molecule has 0 aliphatic carbocycles. The molecule has 0 amide bonds. The molecule has 0 aliphatic heterocycles. The van der Waals surface area contributed by atoms with E-state index >= 15 is 0 Å². The number of halogens is 3. The number of aryl methyl sites for hydroxylation is 1. The Morgan fingerprint density at radius 2 is 1.84 bits per heavy atom. The molecule has 0 saturated carbocycles. The predicted octanol–water partition coefficient (Wildman–Crippen LogP) is 5.33. The minimum atomic E-state index is -4.40. The average molecular weight is 471 g/mol. The van der Waals surface area contributed by atoms with Crippen molar-refractivity contribution >= 4 is 24.0 Å². The van der Waals surface area contributed by atoms with Crippen LogP contribution in [0, 0.1) is 12.8 Å². The smallest absolute Gasteiger partial charge is 0.416 e. The molecular weight excluding hydrogens is 445 g/mol. The van der Waals surface area contributed by atoms with Gasteiger partial charge in [0, 0.05) is 23.0 Å². The molecule has 0 aromatic heterocycles. The molecule has 1 unspecified atom stereocenters. The first kappa shape index (κ1) is 25.6. The van der Waals surface area contributed by atoms with E-state index in [-0.39, 0.29) is 25.6 Å². The third-order valence-electron chi connectivity index (χ3n) is 4.38. The number of benzene rings is 2. The summed E-state index contributed by atoms with van der Waals surface area (Å²) in [5, 5.41) is 0. The zero-order valence-electron chi connectivity index (χ0n) is 17.8. The van der Waals surface area contributed by atoms with Crippen LogP contribution in [-0.4, -0.2) is 37.8 Å². The van der Waals surface area contributed by atoms with E-state index in [1.165, 1.54) is 23.9 Å². The minimum absolute atomic E-state index is 0.111. The summed E-state index contributed by atoms with van der Waals surface area (Å²) in [6.07, 6.45) is -3.32. The van der Waals surface area contributed by atoms with Crippen LogP contribution in [0.5, 0.6) is 11.5 Å². The Labute approximate surface area is 189 Å². The number of ether oxygens (including phenoxy) is 3. The van der Waals surface area contributed by atoms with Gasteiger partial charge in [-0.25, -0.2) is 4.79 Å². The van der Waals surface area contributed by atoms with E-state index in [0.29, 0.717) is 23.9 Å². The van der Waals surface area contributed by atoms with Crippen molar-refractivity contribution in [2.24, 2.45) is 5.92 Å². The van der Waals surface area contributed by atoms with Gasteiger partial charge in [0.1, 0.15) is 17.8 Å². The third kappa shape index (κ3) is 8.45. The van der Waals surface area contributed by atoms with Gasteiger partial charge in [-0.2, -0.15) is 13.2 Å². The monoisotopic (exact) mass is 470 g/mol. The largest absolute Gasteiger partial charge is 0.493 e. The van der Waals surface area contributed by atoms with Crippen LogP contribution in [0.25, 0.3) is 0 Å². The van der Waals surface area contributed by atoms with Crippen molar-refractivity contribution in [2.75, 3.05) is 25.6 Å². The summed E-state index contributed by atoms with van der Waals surface area (Å²) < 4.78 is 53.8. The van der Waals surface area contributed by atoms with E-state index in [9.17, 15) is 22.8 Å². The summed E-state index contributed by atoms with van der Waals surface area (Å²) in [6, 6.07) is 10.0. The van der Waals surface area contributed by atoms with Crippen molar-refractivity contribution in [1.82, 2.24) is 0 Å². The van der Waals surface area contributed by atoms with Gasteiger partial charge in [-0.05, 0) is 61.9 Å². The Hall–Kier alpha value is -2.68. The third-order valence-corrected chi connectivity index (χ3v) is 5.61. The molecule has 0 radical (unpaired) electrons. The molecule has 2 aromatic rings. The minimum Gasteiger partial charge on any atom is -0.493 e. The number of carbonyl (C=O) groups is 2. The van der Waals surface area contributed by atoms with Gasteiger partial charge in [-0.3, -0.25) is 0 Å². The standard InChI is InChI=1S/C23H25F3O5S/c1-3-29-22(28)14-31-21-9-8-20(12-16(21)2)32-15-17(10-11-27)13-30-19-6-4-18(5-7-19)23(24,25)26/h4-9,11-12,17H,3,10,13-15H2,1-2H3. The quantitative estimate of drug-likeness (QED) is 0.237. The van der Waals surface area contributed by atoms with E-state index in [4.69, 9.17) is 14.2 Å². The number of esters is 1. The van der Waals surface area contributed by atoms with E-state index < -0.39 is 17.7 Å². The average Bonchev–Trinajstić information content (AvgIpc) is 2.75. The normalized spacial score (nSPS) is 12.2. The molecule has 174 valence electrons. The molecule has 5 nitrogen and oxygen atoms in total. The lowest BCUT2D eigenvalue weighted by Crippen LogP contribution is -2.15. The first-order valence-electron chi connectivity index (χ1n) is 9.98. The van der Waals surface area contributed by atoms with Gasteiger partial charge >= 0.3 is 12.1 Å². The Bertz CT molecular complexity index is 884. The lowest BCUT2D eigenvalue weighted by Gasteiger charge is -2.16. The van der Waals surface area contributed by atoms with Gasteiger partial charge in [0.2, 0.25) is 0 Å². The predicted molar refractivity (Wildman–Crippen MR) is 115 cm³/mol. The molecule has 0 saturated heterocycles. The number of alkyl halides is 3. The molecule has 2 rings (SSSR count). The molecule has 32 heavy (non-hydrogen) atoms. The number of thioether (sulfide) groups is 1. The zero-order chi connectivity index (χ0) is 23.6. The van der Waals surface area contributed by atoms with Crippen molar-refractivity contribution in [3.63, 3.8) is 0 Å². The second-order valence-corrected chi connectivity index (χ2v) is 8.03. The highest BCUT2D eigenvalue weighted by Crippen LogP contribution is 2.31. The van der Waals surface area contributed by atoms with Crippen LogP contribution in [-0.2, 0) is 20.5 Å². The molecule has 1 atom stereocenters. The molecule has 0 heterocycles. The van der Waals surface area contributed by atoms with Crippen LogP contribution in [0.4, 0.5) is 13.2 Å². The number of rotatable bonds is 12. The molecule has 0 N–H and O–H groups in total. The van der Waals surface area contributed by atoms with Crippen molar-refractivity contribution in [3.05, 3.63) is 53.6 Å². The molecule has 2 aromatic carbocycles. The Morgan fingerprint density at radius 3 is 2.44 bits per heavy atom. The summed E-state index contributed by atoms with van der Waals surface area (Å²) in [6.45, 7) is 3.92. The Morgan fingerprint density at radius 1 is 1.12 bits per heavy atom. The number of carbonyl (C=O) groups excluding carboxylic acids is 2. The van der Waals surface area contributed by atoms with Crippen molar-refractivity contribution in [2.45, 2.75) is 31.3 Å². The van der Waals surface area contributed by atoms with E-state index in [1.54, 1.807) is 13.0 Å². The van der Waals surface area contributed by atoms with Crippen molar-refractivity contribution in [3.8, 4) is 11.5 Å². The summed E-state index contributed by atoms with van der Waals surface area (Å²) in [5.41, 5.74) is 0.113. The second-order valence-electron chi connectivity index (χ2n) is 6.93. The van der Waals surface area contributed by atoms with Gasteiger partial charge in [-0.15, -0.1) is 11.8 Å². The van der Waals surface area contributed by atoms with Gasteiger partial charge in [0.05, 0.1) is 18.8 Å². The van der Waals surface area contributed by atoms with Gasteiger partial charge < -0.3 is 19.0 Å². The van der Waals surface area contributed by atoms with Crippen LogP contribution in [0.2, 0.25) is 0 Å². The molecule has 9 heteroatoms. The second kappa shape index (κ2) is 12.4. The maximum Gasteiger partial charge on any atom is 0.416 e. The van der Waals surface area contributed by atoms with Crippen LogP contribution in [0.3, 0.4) is 0 Å². The first-order chi connectivity index (χ1) is 15.2. The molecular formula is C23H25F3O5S. The van der Waals surface area contributed by atoms with Crippen LogP contribution >= 0.6 is 11.8 Å². The fourth-order valence-corrected chi connectivity index (χ4v) is 3.79. The molecule has 0 fully saturated rings. The Balaban J connectivity index is 1.88. The highest BCUT2D eigenvalue weighted by molar-refractivity contribution is 7.99. The van der Waals surface area contributed by atoms with E-state index in [0.717, 1.165) is 28.9 Å². The maximum atomic E-state index is 12.6. The van der Waals surface area contributed by atoms with E-state index in [2.05, 4.69) is 0 Å². The molecule has 0 spiro atoms.